The van der Waals surface area contributed by atoms with Crippen LogP contribution in [0.25, 0.3) is 0 Å². The maximum Gasteiger partial charge on any atom is 0.203 e. The standard InChI is InChI=1S/C12H16N4/c1-3-14-12-15-8-9-16(12)10(2)11-4-6-13-7-5-11/h4-10H,3H2,1-2H3,(H,14,15). The topological polar surface area (TPSA) is 42.7 Å². The number of nitrogens with zero attached hydrogens (tertiary/aromatic N) is 3. The number of imidazole rings is 1. The van der Waals surface area contributed by atoms with E-state index in [-0.39, 0.29) is 6.04 Å². The molecular formula is C12H16N4. The van der Waals surface area contributed by atoms with Crippen molar-refractivity contribution in [1.82, 2.24) is 14.5 Å². The molecular weight excluding hydrogens is 200 g/mol. The van der Waals surface area contributed by atoms with Gasteiger partial charge in [0.25, 0.3) is 0 Å². The summed E-state index contributed by atoms with van der Waals surface area (Å²) in [5.74, 6) is 0.909. The van der Waals surface area contributed by atoms with E-state index in [1.807, 2.05) is 36.9 Å². The van der Waals surface area contributed by atoms with Crippen LogP contribution in [0.3, 0.4) is 0 Å². The summed E-state index contributed by atoms with van der Waals surface area (Å²) in [5.41, 5.74) is 1.23. The SMILES string of the molecule is CCNc1nccn1C(C)c1ccncc1. The van der Waals surface area contributed by atoms with Crippen LogP contribution in [0.2, 0.25) is 0 Å². The van der Waals surface area contributed by atoms with Gasteiger partial charge in [0.1, 0.15) is 0 Å². The Morgan fingerprint density at radius 1 is 1.31 bits per heavy atom. The second kappa shape index (κ2) is 4.79. The van der Waals surface area contributed by atoms with E-state index in [9.17, 15) is 0 Å². The predicted octanol–water partition coefficient (Wildman–Crippen LogP) is 2.32. The normalized spacial score (nSPS) is 12.4. The summed E-state index contributed by atoms with van der Waals surface area (Å²) in [6.07, 6.45) is 7.43. The number of nitrogens with one attached hydrogen (secondary N) is 1. The van der Waals surface area contributed by atoms with E-state index in [1.165, 1.54) is 5.56 Å². The smallest absolute Gasteiger partial charge is 0.203 e. The first kappa shape index (κ1) is 10.7. The van der Waals surface area contributed by atoms with Crippen molar-refractivity contribution in [3.05, 3.63) is 42.5 Å². The molecule has 4 nitrogen and oxygen atoms in total. The number of pyridine rings is 1. The van der Waals surface area contributed by atoms with Crippen molar-refractivity contribution >= 4 is 5.95 Å². The van der Waals surface area contributed by atoms with Gasteiger partial charge in [-0.05, 0) is 31.5 Å². The van der Waals surface area contributed by atoms with Gasteiger partial charge in [0.2, 0.25) is 5.95 Å². The molecule has 0 saturated carbocycles. The highest BCUT2D eigenvalue weighted by Gasteiger charge is 2.10. The van der Waals surface area contributed by atoms with Crippen molar-refractivity contribution < 1.29 is 0 Å². The van der Waals surface area contributed by atoms with Crippen molar-refractivity contribution in [2.75, 3.05) is 11.9 Å². The molecule has 1 unspecified atom stereocenters. The average Bonchev–Trinajstić information content (AvgIpc) is 2.78. The van der Waals surface area contributed by atoms with E-state index >= 15 is 0 Å². The van der Waals surface area contributed by atoms with E-state index < -0.39 is 0 Å². The number of anilines is 1. The average molecular weight is 216 g/mol. The fourth-order valence-electron chi connectivity index (χ4n) is 1.72. The highest BCUT2D eigenvalue weighted by molar-refractivity contribution is 5.29. The Bertz CT molecular complexity index is 435. The Morgan fingerprint density at radius 3 is 2.75 bits per heavy atom. The Labute approximate surface area is 95.4 Å². The van der Waals surface area contributed by atoms with Crippen LogP contribution in [0.1, 0.15) is 25.5 Å². The molecule has 4 heteroatoms. The van der Waals surface area contributed by atoms with Crippen LogP contribution in [-0.4, -0.2) is 21.1 Å². The van der Waals surface area contributed by atoms with Crippen molar-refractivity contribution in [2.24, 2.45) is 0 Å². The molecule has 16 heavy (non-hydrogen) atoms. The third kappa shape index (κ3) is 2.05. The Balaban J connectivity index is 2.27. The number of aromatic nitrogens is 3. The molecule has 2 aromatic rings. The fourth-order valence-corrected chi connectivity index (χ4v) is 1.72. The zero-order chi connectivity index (χ0) is 11.4. The minimum atomic E-state index is 0.263. The molecule has 0 fully saturated rings. The lowest BCUT2D eigenvalue weighted by Crippen LogP contribution is -2.11. The van der Waals surface area contributed by atoms with E-state index in [0.29, 0.717) is 0 Å². The first-order chi connectivity index (χ1) is 7.83. The quantitative estimate of drug-likeness (QED) is 0.852. The summed E-state index contributed by atoms with van der Waals surface area (Å²) in [6, 6.07) is 4.32. The van der Waals surface area contributed by atoms with Gasteiger partial charge in [0.15, 0.2) is 0 Å². The highest BCUT2D eigenvalue weighted by atomic mass is 15.2. The van der Waals surface area contributed by atoms with E-state index in [2.05, 4.69) is 33.7 Å². The first-order valence-electron chi connectivity index (χ1n) is 5.49. The summed E-state index contributed by atoms with van der Waals surface area (Å²) < 4.78 is 2.12. The van der Waals surface area contributed by atoms with Crippen molar-refractivity contribution in [3.63, 3.8) is 0 Å². The van der Waals surface area contributed by atoms with Gasteiger partial charge < -0.3 is 9.88 Å². The van der Waals surface area contributed by atoms with Gasteiger partial charge in [0.05, 0.1) is 6.04 Å². The van der Waals surface area contributed by atoms with Crippen LogP contribution < -0.4 is 5.32 Å². The van der Waals surface area contributed by atoms with Gasteiger partial charge in [-0.15, -0.1) is 0 Å². The summed E-state index contributed by atoms with van der Waals surface area (Å²) >= 11 is 0. The minimum absolute atomic E-state index is 0.263. The van der Waals surface area contributed by atoms with Gasteiger partial charge in [-0.25, -0.2) is 4.98 Å². The van der Waals surface area contributed by atoms with Crippen molar-refractivity contribution in [3.8, 4) is 0 Å². The molecule has 84 valence electrons. The largest absolute Gasteiger partial charge is 0.356 e. The predicted molar refractivity (Wildman–Crippen MR) is 64.4 cm³/mol. The molecule has 0 bridgehead atoms. The molecule has 0 aliphatic rings. The zero-order valence-electron chi connectivity index (χ0n) is 9.59. The lowest BCUT2D eigenvalue weighted by atomic mass is 10.1. The molecule has 1 N–H and O–H groups in total. The second-order valence-electron chi connectivity index (χ2n) is 3.64. The monoisotopic (exact) mass is 216 g/mol. The van der Waals surface area contributed by atoms with Gasteiger partial charge in [0, 0.05) is 31.3 Å². The zero-order valence-corrected chi connectivity index (χ0v) is 9.59. The third-order valence-electron chi connectivity index (χ3n) is 2.61. The van der Waals surface area contributed by atoms with Crippen LogP contribution in [0.15, 0.2) is 36.9 Å². The molecule has 0 aromatic carbocycles. The molecule has 1 atom stereocenters. The Kier molecular flexibility index (Phi) is 3.19. The number of hydrogen-bond acceptors (Lipinski definition) is 3. The van der Waals surface area contributed by atoms with Crippen LogP contribution in [0.4, 0.5) is 5.95 Å². The van der Waals surface area contributed by atoms with Crippen LogP contribution >= 0.6 is 0 Å². The highest BCUT2D eigenvalue weighted by Crippen LogP contribution is 2.20. The third-order valence-corrected chi connectivity index (χ3v) is 2.61. The molecule has 0 aliphatic heterocycles. The summed E-state index contributed by atoms with van der Waals surface area (Å²) in [5, 5.41) is 3.24. The molecule has 2 rings (SSSR count). The maximum absolute atomic E-state index is 4.29. The number of rotatable bonds is 4. The molecule has 0 aliphatic carbocycles. The van der Waals surface area contributed by atoms with Gasteiger partial charge in [-0.1, -0.05) is 0 Å². The molecule has 0 radical (unpaired) electrons. The second-order valence-corrected chi connectivity index (χ2v) is 3.64. The molecule has 2 aromatic heterocycles. The first-order valence-corrected chi connectivity index (χ1v) is 5.49. The van der Waals surface area contributed by atoms with Gasteiger partial charge in [-0.3, -0.25) is 4.98 Å². The summed E-state index contributed by atoms with van der Waals surface area (Å²) in [7, 11) is 0. The molecule has 0 saturated heterocycles. The molecule has 0 amide bonds. The summed E-state index contributed by atoms with van der Waals surface area (Å²) in [6.45, 7) is 5.09. The van der Waals surface area contributed by atoms with E-state index in [0.717, 1.165) is 12.5 Å². The Morgan fingerprint density at radius 2 is 2.06 bits per heavy atom. The Hall–Kier alpha value is -1.84. The van der Waals surface area contributed by atoms with Crippen LogP contribution in [0, 0.1) is 0 Å². The summed E-state index contributed by atoms with van der Waals surface area (Å²) in [4.78, 5) is 8.32. The van der Waals surface area contributed by atoms with Crippen LogP contribution in [-0.2, 0) is 0 Å². The van der Waals surface area contributed by atoms with E-state index in [4.69, 9.17) is 0 Å². The van der Waals surface area contributed by atoms with Crippen LogP contribution in [0.5, 0.6) is 0 Å². The van der Waals surface area contributed by atoms with Crippen molar-refractivity contribution in [1.29, 1.82) is 0 Å². The van der Waals surface area contributed by atoms with Gasteiger partial charge >= 0.3 is 0 Å². The molecule has 2 heterocycles. The lowest BCUT2D eigenvalue weighted by molar-refractivity contribution is 0.643. The lowest BCUT2D eigenvalue weighted by Gasteiger charge is -2.16. The molecule has 0 spiro atoms. The fraction of sp³-hybridized carbons (Fsp3) is 0.333. The minimum Gasteiger partial charge on any atom is -0.356 e. The maximum atomic E-state index is 4.29. The van der Waals surface area contributed by atoms with Crippen molar-refractivity contribution in [2.45, 2.75) is 19.9 Å². The van der Waals surface area contributed by atoms with E-state index in [1.54, 1.807) is 0 Å². The number of hydrogen-bond donors (Lipinski definition) is 1. The van der Waals surface area contributed by atoms with Gasteiger partial charge in [-0.2, -0.15) is 0 Å².